The maximum Gasteiger partial charge on any atom is 0.0937 e. The van der Waals surface area contributed by atoms with Gasteiger partial charge in [-0.05, 0) is 12.5 Å². The second-order valence-corrected chi connectivity index (χ2v) is 6.54. The van der Waals surface area contributed by atoms with Gasteiger partial charge in [0.25, 0.3) is 0 Å². The summed E-state index contributed by atoms with van der Waals surface area (Å²) in [6.45, 7) is 2.05. The van der Waals surface area contributed by atoms with Crippen LogP contribution in [-0.2, 0) is 11.8 Å². The van der Waals surface area contributed by atoms with Crippen LogP contribution in [0.5, 0.6) is 0 Å². The average Bonchev–Trinajstić information content (AvgIpc) is 2.82. The molecule has 2 rings (SSSR count). The van der Waals surface area contributed by atoms with E-state index >= 15 is 0 Å². The summed E-state index contributed by atoms with van der Waals surface area (Å²) < 4.78 is 0. The summed E-state index contributed by atoms with van der Waals surface area (Å²) >= 11 is 9.11. The largest absolute Gasteiger partial charge is 0.247 e. The number of thiazole rings is 1. The summed E-state index contributed by atoms with van der Waals surface area (Å²) in [6, 6.07) is 10.7. The fraction of sp³-hybridized carbons (Fsp3) is 0.357. The van der Waals surface area contributed by atoms with Gasteiger partial charge in [0.2, 0.25) is 0 Å². The second-order valence-electron chi connectivity index (χ2n) is 4.47. The summed E-state index contributed by atoms with van der Waals surface area (Å²) in [4.78, 5) is 4.59. The van der Waals surface area contributed by atoms with Crippen molar-refractivity contribution in [3.05, 3.63) is 52.0 Å². The predicted molar refractivity (Wildman–Crippen MR) is 86.3 cm³/mol. The third-order valence-corrected chi connectivity index (χ3v) is 6.17. The first kappa shape index (κ1) is 14.2. The standard InChI is InChI=1S/C14H15Br2NS/c1-11-8-18-13(17-11)7-14(9-15,10-16)12-5-3-2-4-6-12/h2-6,8H,7,9-10H2,1H3. The molecule has 0 atom stereocenters. The number of nitrogens with zero attached hydrogens (tertiary/aromatic N) is 1. The maximum absolute atomic E-state index is 4.59. The molecule has 0 aliphatic rings. The van der Waals surface area contributed by atoms with Crippen molar-refractivity contribution in [2.24, 2.45) is 0 Å². The first-order valence-corrected chi connectivity index (χ1v) is 8.91. The number of alkyl halides is 2. The Hall–Kier alpha value is -0.190. The molecule has 1 aromatic carbocycles. The van der Waals surface area contributed by atoms with Gasteiger partial charge in [0.15, 0.2) is 0 Å². The third kappa shape index (κ3) is 3.03. The van der Waals surface area contributed by atoms with E-state index in [9.17, 15) is 0 Å². The van der Waals surface area contributed by atoms with E-state index in [1.54, 1.807) is 11.3 Å². The highest BCUT2D eigenvalue weighted by atomic mass is 79.9. The van der Waals surface area contributed by atoms with E-state index < -0.39 is 0 Å². The van der Waals surface area contributed by atoms with Gasteiger partial charge in [-0.25, -0.2) is 4.98 Å². The molecule has 1 aromatic heterocycles. The Morgan fingerprint density at radius 3 is 2.33 bits per heavy atom. The molecule has 1 nitrogen and oxygen atoms in total. The summed E-state index contributed by atoms with van der Waals surface area (Å²) in [5, 5.41) is 5.17. The minimum atomic E-state index is 0.0750. The highest BCUT2D eigenvalue weighted by Crippen LogP contribution is 2.33. The Morgan fingerprint density at radius 1 is 1.17 bits per heavy atom. The van der Waals surface area contributed by atoms with Gasteiger partial charge in [-0.3, -0.25) is 0 Å². The van der Waals surface area contributed by atoms with E-state index in [0.717, 1.165) is 22.8 Å². The molecule has 0 aliphatic carbocycles. The first-order chi connectivity index (χ1) is 8.70. The van der Waals surface area contributed by atoms with Crippen molar-refractivity contribution in [3.63, 3.8) is 0 Å². The minimum absolute atomic E-state index is 0.0750. The van der Waals surface area contributed by atoms with Crippen LogP contribution in [0, 0.1) is 6.92 Å². The van der Waals surface area contributed by atoms with Crippen LogP contribution in [0.4, 0.5) is 0 Å². The molecule has 0 unspecified atom stereocenters. The Kier molecular flexibility index (Phi) is 4.98. The lowest BCUT2D eigenvalue weighted by molar-refractivity contribution is 0.549. The molecule has 0 amide bonds. The van der Waals surface area contributed by atoms with E-state index in [2.05, 4.69) is 72.6 Å². The average molecular weight is 389 g/mol. The van der Waals surface area contributed by atoms with Crippen LogP contribution in [0.2, 0.25) is 0 Å². The van der Waals surface area contributed by atoms with E-state index in [1.165, 1.54) is 10.6 Å². The van der Waals surface area contributed by atoms with Gasteiger partial charge in [0.1, 0.15) is 0 Å². The number of halogens is 2. The molecule has 0 saturated heterocycles. The van der Waals surface area contributed by atoms with E-state index in [1.807, 2.05) is 6.92 Å². The zero-order valence-electron chi connectivity index (χ0n) is 10.2. The molecular weight excluding hydrogens is 374 g/mol. The SMILES string of the molecule is Cc1csc(CC(CBr)(CBr)c2ccccc2)n1. The van der Waals surface area contributed by atoms with Gasteiger partial charge in [-0.15, -0.1) is 11.3 Å². The van der Waals surface area contributed by atoms with Crippen molar-refractivity contribution < 1.29 is 0 Å². The molecule has 96 valence electrons. The zero-order valence-corrected chi connectivity index (χ0v) is 14.2. The van der Waals surface area contributed by atoms with Crippen molar-refractivity contribution in [1.29, 1.82) is 0 Å². The molecule has 0 spiro atoms. The van der Waals surface area contributed by atoms with Gasteiger partial charge in [0.05, 0.1) is 5.01 Å². The lowest BCUT2D eigenvalue weighted by atomic mass is 9.82. The molecule has 4 heteroatoms. The fourth-order valence-corrected chi connectivity index (χ4v) is 4.84. The van der Waals surface area contributed by atoms with E-state index in [4.69, 9.17) is 0 Å². The maximum atomic E-state index is 4.59. The predicted octanol–water partition coefficient (Wildman–Crippen LogP) is 4.72. The third-order valence-electron chi connectivity index (χ3n) is 3.05. The van der Waals surface area contributed by atoms with Gasteiger partial charge < -0.3 is 0 Å². The number of aromatic nitrogens is 1. The molecule has 2 aromatic rings. The van der Waals surface area contributed by atoms with Crippen LogP contribution in [0.25, 0.3) is 0 Å². The van der Waals surface area contributed by atoms with Crippen molar-refractivity contribution in [3.8, 4) is 0 Å². The van der Waals surface area contributed by atoms with Crippen molar-refractivity contribution in [1.82, 2.24) is 4.98 Å². The summed E-state index contributed by atoms with van der Waals surface area (Å²) in [5.74, 6) is 0. The number of aryl methyl sites for hydroxylation is 1. The van der Waals surface area contributed by atoms with Crippen molar-refractivity contribution >= 4 is 43.2 Å². The molecule has 0 aliphatic heterocycles. The van der Waals surface area contributed by atoms with Gasteiger partial charge in [-0.1, -0.05) is 62.2 Å². The Morgan fingerprint density at radius 2 is 1.83 bits per heavy atom. The lowest BCUT2D eigenvalue weighted by Crippen LogP contribution is -2.32. The van der Waals surface area contributed by atoms with Crippen LogP contribution in [0.1, 0.15) is 16.3 Å². The summed E-state index contributed by atoms with van der Waals surface area (Å²) in [5.41, 5.74) is 2.54. The van der Waals surface area contributed by atoms with Crippen molar-refractivity contribution in [2.45, 2.75) is 18.8 Å². The zero-order chi connectivity index (χ0) is 13.0. The number of rotatable bonds is 5. The monoisotopic (exact) mass is 387 g/mol. The Labute approximate surface area is 129 Å². The Bertz CT molecular complexity index is 492. The number of benzene rings is 1. The summed E-state index contributed by atoms with van der Waals surface area (Å²) in [6.07, 6.45) is 0.964. The van der Waals surface area contributed by atoms with Crippen LogP contribution in [0.15, 0.2) is 35.7 Å². The smallest absolute Gasteiger partial charge is 0.0937 e. The quantitative estimate of drug-likeness (QED) is 0.675. The van der Waals surface area contributed by atoms with Crippen LogP contribution < -0.4 is 0 Å². The van der Waals surface area contributed by atoms with Crippen LogP contribution in [0.3, 0.4) is 0 Å². The second kappa shape index (κ2) is 6.31. The fourth-order valence-electron chi connectivity index (χ4n) is 1.95. The number of hydrogen-bond donors (Lipinski definition) is 0. The van der Waals surface area contributed by atoms with Gasteiger partial charge in [-0.2, -0.15) is 0 Å². The molecule has 0 saturated carbocycles. The molecule has 0 N–H and O–H groups in total. The lowest BCUT2D eigenvalue weighted by Gasteiger charge is -2.29. The summed E-state index contributed by atoms with van der Waals surface area (Å²) in [7, 11) is 0. The van der Waals surface area contributed by atoms with Gasteiger partial charge in [0, 0.05) is 33.6 Å². The molecule has 0 fully saturated rings. The minimum Gasteiger partial charge on any atom is -0.247 e. The normalized spacial score (nSPS) is 11.7. The molecule has 1 heterocycles. The topological polar surface area (TPSA) is 12.9 Å². The first-order valence-electron chi connectivity index (χ1n) is 5.79. The van der Waals surface area contributed by atoms with Crippen LogP contribution in [-0.4, -0.2) is 15.6 Å². The number of hydrogen-bond acceptors (Lipinski definition) is 2. The van der Waals surface area contributed by atoms with Crippen LogP contribution >= 0.6 is 43.2 Å². The highest BCUT2D eigenvalue weighted by molar-refractivity contribution is 9.09. The van der Waals surface area contributed by atoms with E-state index in [-0.39, 0.29) is 5.41 Å². The Balaban J connectivity index is 2.32. The molecule has 18 heavy (non-hydrogen) atoms. The van der Waals surface area contributed by atoms with Gasteiger partial charge >= 0.3 is 0 Å². The molecule has 0 radical (unpaired) electrons. The van der Waals surface area contributed by atoms with E-state index in [0.29, 0.717) is 0 Å². The molecular formula is C14H15Br2NS. The highest BCUT2D eigenvalue weighted by Gasteiger charge is 2.31. The molecule has 0 bridgehead atoms. The van der Waals surface area contributed by atoms with Crippen molar-refractivity contribution in [2.75, 3.05) is 10.7 Å².